The molecule has 3 heterocycles. The van der Waals surface area contributed by atoms with Gasteiger partial charge in [0.2, 0.25) is 0 Å². The summed E-state index contributed by atoms with van der Waals surface area (Å²) in [4.78, 5) is 4.76. The molecule has 1 fully saturated rings. The van der Waals surface area contributed by atoms with Gasteiger partial charge in [0.05, 0.1) is 36.7 Å². The first-order chi connectivity index (χ1) is 28.4. The second-order valence-electron chi connectivity index (χ2n) is 16.1. The van der Waals surface area contributed by atoms with E-state index in [9.17, 15) is 10.2 Å². The fourth-order valence-corrected chi connectivity index (χ4v) is 9.19. The van der Waals surface area contributed by atoms with Crippen molar-refractivity contribution in [1.29, 1.82) is 0 Å². The Kier molecular flexibility index (Phi) is 10.8. The van der Waals surface area contributed by atoms with Crippen LogP contribution in [0.2, 0.25) is 0 Å². The van der Waals surface area contributed by atoms with E-state index in [2.05, 4.69) is 191 Å². The fraction of sp³-hybridized carbons (Fsp3) is 0.231. The van der Waals surface area contributed by atoms with Crippen LogP contribution in [0.3, 0.4) is 0 Å². The molecule has 0 unspecified atom stereocenters. The molecular formula is C52H52N4O2. The van der Waals surface area contributed by atoms with Gasteiger partial charge in [-0.25, -0.2) is 0 Å². The molecular weight excluding hydrogens is 713 g/mol. The summed E-state index contributed by atoms with van der Waals surface area (Å²) in [5.41, 5.74) is 14.0. The molecule has 6 nitrogen and oxygen atoms in total. The second kappa shape index (κ2) is 16.6. The first-order valence-electron chi connectivity index (χ1n) is 20.7. The van der Waals surface area contributed by atoms with E-state index in [1.807, 2.05) is 0 Å². The van der Waals surface area contributed by atoms with Crippen molar-refractivity contribution >= 4 is 21.8 Å². The van der Waals surface area contributed by atoms with E-state index in [1.54, 1.807) is 0 Å². The lowest BCUT2D eigenvalue weighted by atomic mass is 9.97. The summed E-state index contributed by atoms with van der Waals surface area (Å²) in [6, 6.07) is 55.8. The summed E-state index contributed by atoms with van der Waals surface area (Å²) in [6.07, 6.45) is -1.11. The number of β-amino-alcohol motifs (C(OH)–C–C–N with tert-alkyl or cyclic N) is 2. The van der Waals surface area contributed by atoms with Gasteiger partial charge < -0.3 is 19.3 Å². The van der Waals surface area contributed by atoms with Gasteiger partial charge in [-0.3, -0.25) is 9.80 Å². The predicted octanol–water partition coefficient (Wildman–Crippen LogP) is 9.92. The molecule has 0 radical (unpaired) electrons. The number of rotatable bonds is 12. The number of fused-ring (bicyclic) bond motifs is 2. The lowest BCUT2D eigenvalue weighted by Gasteiger charge is -2.36. The average Bonchev–Trinajstić information content (AvgIpc) is 3.73. The Bertz CT molecular complexity index is 2440. The molecule has 2 atom stereocenters. The molecule has 0 amide bonds. The third-order valence-electron chi connectivity index (χ3n) is 11.8. The third kappa shape index (κ3) is 7.64. The number of piperazine rings is 1. The molecule has 0 bridgehead atoms. The van der Waals surface area contributed by atoms with Gasteiger partial charge in [-0.15, -0.1) is 0 Å². The molecule has 1 aliphatic rings. The minimum absolute atomic E-state index is 0.495. The van der Waals surface area contributed by atoms with Crippen molar-refractivity contribution in [3.8, 4) is 44.8 Å². The highest BCUT2D eigenvalue weighted by molar-refractivity contribution is 6.06. The normalized spacial score (nSPS) is 15.0. The van der Waals surface area contributed by atoms with Gasteiger partial charge in [-0.2, -0.15) is 0 Å². The summed E-state index contributed by atoms with van der Waals surface area (Å²) in [5, 5.41) is 26.0. The molecule has 292 valence electrons. The van der Waals surface area contributed by atoms with Crippen LogP contribution in [0.4, 0.5) is 0 Å². The molecule has 6 heteroatoms. The topological polar surface area (TPSA) is 56.8 Å². The molecule has 0 aliphatic carbocycles. The van der Waals surface area contributed by atoms with Crippen LogP contribution in [0, 0.1) is 13.8 Å². The smallest absolute Gasteiger partial charge is 0.0845 e. The molecule has 8 aromatic rings. The minimum Gasteiger partial charge on any atom is -0.390 e. The molecule has 58 heavy (non-hydrogen) atoms. The fourth-order valence-electron chi connectivity index (χ4n) is 9.19. The van der Waals surface area contributed by atoms with Gasteiger partial charge in [0.1, 0.15) is 0 Å². The van der Waals surface area contributed by atoms with Crippen molar-refractivity contribution in [3.05, 3.63) is 169 Å². The molecule has 2 aromatic heterocycles. The minimum atomic E-state index is -0.555. The Morgan fingerprint density at radius 1 is 0.414 bits per heavy atom. The number of aryl methyl sites for hydroxylation is 2. The SMILES string of the molecule is Cc1ccc2c(c1)c(-c1ccccc1)c(-c1ccccc1)n2C[C@@H](O)CN1CCN(C[C@H](O)Cn2c(-c3ccccc3)c(-c3ccccc3)c3cc(C)ccc32)CC1. The van der Waals surface area contributed by atoms with E-state index in [0.717, 1.165) is 59.7 Å². The summed E-state index contributed by atoms with van der Waals surface area (Å²) >= 11 is 0. The van der Waals surface area contributed by atoms with E-state index >= 15 is 0 Å². The van der Waals surface area contributed by atoms with Crippen LogP contribution in [0.15, 0.2) is 158 Å². The van der Waals surface area contributed by atoms with Gasteiger partial charge in [-0.05, 0) is 60.4 Å². The average molecular weight is 765 g/mol. The standard InChI is InChI=1S/C52H52N4O2/c1-37-23-25-47-45(31-37)49(39-15-7-3-8-16-39)51(41-19-11-5-12-20-41)55(47)35-43(57)33-53-27-29-54(30-28-53)34-44(58)36-56-48-26-24-38(2)32-46(48)50(40-17-9-4-10-18-40)52(56)42-21-13-6-14-22-42/h3-26,31-32,43-44,57-58H,27-30,33-36H2,1-2H3/t43-,44-/m0/s1. The van der Waals surface area contributed by atoms with Crippen LogP contribution in [0.25, 0.3) is 66.6 Å². The quantitative estimate of drug-likeness (QED) is 0.130. The predicted molar refractivity (Wildman–Crippen MR) is 240 cm³/mol. The maximum atomic E-state index is 11.8. The molecule has 1 aliphatic heterocycles. The number of hydrogen-bond donors (Lipinski definition) is 2. The van der Waals surface area contributed by atoms with Gasteiger partial charge in [-0.1, -0.05) is 145 Å². The molecule has 0 saturated carbocycles. The van der Waals surface area contributed by atoms with E-state index in [4.69, 9.17) is 0 Å². The number of aromatic nitrogens is 2. The van der Waals surface area contributed by atoms with Gasteiger partial charge in [0.25, 0.3) is 0 Å². The number of benzene rings is 6. The number of hydrogen-bond acceptors (Lipinski definition) is 4. The number of aliphatic hydroxyl groups excluding tert-OH is 2. The Labute approximate surface area is 341 Å². The molecule has 9 rings (SSSR count). The van der Waals surface area contributed by atoms with Gasteiger partial charge >= 0.3 is 0 Å². The molecule has 2 N–H and O–H groups in total. The number of aliphatic hydroxyl groups is 2. The lowest BCUT2D eigenvalue weighted by molar-refractivity contribution is 0.0412. The zero-order valence-electron chi connectivity index (χ0n) is 33.5. The van der Waals surface area contributed by atoms with Crippen molar-refractivity contribution in [1.82, 2.24) is 18.9 Å². The highest BCUT2D eigenvalue weighted by atomic mass is 16.3. The largest absolute Gasteiger partial charge is 0.390 e. The Morgan fingerprint density at radius 3 is 1.09 bits per heavy atom. The van der Waals surface area contributed by atoms with Crippen LogP contribution >= 0.6 is 0 Å². The Hall–Kier alpha value is -5.76. The summed E-state index contributed by atoms with van der Waals surface area (Å²) in [7, 11) is 0. The van der Waals surface area contributed by atoms with Crippen molar-refractivity contribution in [2.24, 2.45) is 0 Å². The second-order valence-corrected chi connectivity index (χ2v) is 16.1. The zero-order valence-corrected chi connectivity index (χ0v) is 33.5. The third-order valence-corrected chi connectivity index (χ3v) is 11.8. The van der Waals surface area contributed by atoms with Gasteiger partial charge in [0, 0.05) is 72.2 Å². The van der Waals surface area contributed by atoms with Crippen molar-refractivity contribution in [2.45, 2.75) is 39.1 Å². The molecule has 6 aromatic carbocycles. The number of nitrogens with zero attached hydrogens (tertiary/aromatic N) is 4. The monoisotopic (exact) mass is 764 g/mol. The van der Waals surface area contributed by atoms with Crippen molar-refractivity contribution < 1.29 is 10.2 Å². The maximum absolute atomic E-state index is 11.8. The van der Waals surface area contributed by atoms with Crippen LogP contribution in [-0.2, 0) is 13.1 Å². The lowest BCUT2D eigenvalue weighted by Crippen LogP contribution is -2.50. The van der Waals surface area contributed by atoms with Crippen molar-refractivity contribution in [2.75, 3.05) is 39.3 Å². The Balaban J connectivity index is 0.913. The van der Waals surface area contributed by atoms with E-state index in [1.165, 1.54) is 44.2 Å². The van der Waals surface area contributed by atoms with Crippen molar-refractivity contribution in [3.63, 3.8) is 0 Å². The van der Waals surface area contributed by atoms with Crippen LogP contribution in [0.1, 0.15) is 11.1 Å². The van der Waals surface area contributed by atoms with E-state index in [-0.39, 0.29) is 0 Å². The first kappa shape index (κ1) is 37.8. The summed E-state index contributed by atoms with van der Waals surface area (Å²) < 4.78 is 4.67. The Morgan fingerprint density at radius 2 is 0.741 bits per heavy atom. The van der Waals surface area contributed by atoms with E-state index < -0.39 is 12.2 Å². The first-order valence-corrected chi connectivity index (χ1v) is 20.7. The zero-order chi connectivity index (χ0) is 39.6. The highest BCUT2D eigenvalue weighted by Gasteiger charge is 2.27. The van der Waals surface area contributed by atoms with E-state index in [0.29, 0.717) is 26.2 Å². The summed E-state index contributed by atoms with van der Waals surface area (Å²) in [5.74, 6) is 0. The van der Waals surface area contributed by atoms with Gasteiger partial charge in [0.15, 0.2) is 0 Å². The highest BCUT2D eigenvalue weighted by Crippen LogP contribution is 2.43. The van der Waals surface area contributed by atoms with Crippen LogP contribution in [-0.4, -0.2) is 80.6 Å². The summed E-state index contributed by atoms with van der Waals surface area (Å²) in [6.45, 7) is 9.84. The molecule has 0 spiro atoms. The molecule has 1 saturated heterocycles. The van der Waals surface area contributed by atoms with Crippen LogP contribution < -0.4 is 0 Å². The van der Waals surface area contributed by atoms with Crippen LogP contribution in [0.5, 0.6) is 0 Å². The maximum Gasteiger partial charge on any atom is 0.0845 e.